The minimum Gasteiger partial charge on any atom is -0.507 e. The summed E-state index contributed by atoms with van der Waals surface area (Å²) in [6.07, 6.45) is 1.19. The first kappa shape index (κ1) is 23.3. The molecule has 1 saturated heterocycles. The van der Waals surface area contributed by atoms with Gasteiger partial charge < -0.3 is 14.7 Å². The van der Waals surface area contributed by atoms with Crippen LogP contribution >= 0.6 is 0 Å². The number of carbonyl (C=O) groups excluding carboxylic acids is 2. The summed E-state index contributed by atoms with van der Waals surface area (Å²) < 4.78 is 5.74. The van der Waals surface area contributed by atoms with Crippen molar-refractivity contribution in [3.63, 3.8) is 0 Å². The van der Waals surface area contributed by atoms with Gasteiger partial charge in [-0.25, -0.2) is 0 Å². The second-order valence-corrected chi connectivity index (χ2v) is 9.03. The summed E-state index contributed by atoms with van der Waals surface area (Å²) in [6.45, 7) is 2.19. The highest BCUT2D eigenvalue weighted by atomic mass is 16.6. The molecule has 3 aromatic rings. The molecule has 3 aromatic carbocycles. The van der Waals surface area contributed by atoms with Gasteiger partial charge in [-0.15, -0.1) is 0 Å². The Labute approximate surface area is 207 Å². The number of non-ortho nitro benzene ring substituents is 1. The Hall–Kier alpha value is -4.46. The molecule has 2 atom stereocenters. The van der Waals surface area contributed by atoms with Crippen molar-refractivity contribution in [1.82, 2.24) is 4.90 Å². The minimum absolute atomic E-state index is 0.0149. The first-order chi connectivity index (χ1) is 17.3. The number of aliphatic hydroxyl groups excluding tert-OH is 1. The molecule has 0 radical (unpaired) electrons. The molecule has 5 rings (SSSR count). The van der Waals surface area contributed by atoms with Crippen LogP contribution in [0.3, 0.4) is 0 Å². The van der Waals surface area contributed by atoms with Gasteiger partial charge in [-0.3, -0.25) is 19.7 Å². The van der Waals surface area contributed by atoms with Crippen LogP contribution in [0.25, 0.3) is 5.76 Å². The molecule has 36 heavy (non-hydrogen) atoms. The zero-order valence-electron chi connectivity index (χ0n) is 19.6. The van der Waals surface area contributed by atoms with E-state index in [9.17, 15) is 24.8 Å². The Morgan fingerprint density at radius 2 is 1.81 bits per heavy atom. The van der Waals surface area contributed by atoms with Gasteiger partial charge in [0.1, 0.15) is 17.6 Å². The maximum absolute atomic E-state index is 13.2. The fourth-order valence-corrected chi connectivity index (χ4v) is 4.85. The molecule has 0 aliphatic carbocycles. The lowest BCUT2D eigenvalue weighted by molar-refractivity contribution is -0.384. The first-order valence-electron chi connectivity index (χ1n) is 11.7. The van der Waals surface area contributed by atoms with Crippen molar-refractivity contribution in [2.45, 2.75) is 31.9 Å². The SMILES string of the molecule is C[C@@H]1Cc2cc(/C(O)=C3\C(=O)C(=O)N(CCc4ccccc4)[C@H]3c3ccc([N+](=O)[O-])cc3)ccc2O1. The second kappa shape index (κ2) is 9.30. The molecule has 1 amide bonds. The Kier molecular flexibility index (Phi) is 6.01. The lowest BCUT2D eigenvalue weighted by atomic mass is 9.94. The quantitative estimate of drug-likeness (QED) is 0.180. The fourth-order valence-electron chi connectivity index (χ4n) is 4.85. The number of likely N-dealkylation sites (tertiary alicyclic amines) is 1. The average molecular weight is 485 g/mol. The van der Waals surface area contributed by atoms with Crippen LogP contribution in [0.1, 0.15) is 35.2 Å². The number of ketones is 1. The zero-order chi connectivity index (χ0) is 25.4. The van der Waals surface area contributed by atoms with E-state index >= 15 is 0 Å². The monoisotopic (exact) mass is 484 g/mol. The molecular formula is C28H24N2O6. The smallest absolute Gasteiger partial charge is 0.295 e. The number of fused-ring (bicyclic) bond motifs is 1. The molecule has 2 aliphatic rings. The van der Waals surface area contributed by atoms with Gasteiger partial charge in [0.2, 0.25) is 0 Å². The summed E-state index contributed by atoms with van der Waals surface area (Å²) in [6, 6.07) is 19.6. The van der Waals surface area contributed by atoms with E-state index in [0.717, 1.165) is 16.9 Å². The van der Waals surface area contributed by atoms with Crippen LogP contribution in [0.4, 0.5) is 5.69 Å². The number of nitro benzene ring substituents is 1. The van der Waals surface area contributed by atoms with Crippen molar-refractivity contribution >= 4 is 23.1 Å². The van der Waals surface area contributed by atoms with E-state index in [1.54, 1.807) is 18.2 Å². The van der Waals surface area contributed by atoms with E-state index in [0.29, 0.717) is 24.0 Å². The summed E-state index contributed by atoms with van der Waals surface area (Å²) in [7, 11) is 0. The summed E-state index contributed by atoms with van der Waals surface area (Å²) in [5.41, 5.74) is 2.69. The van der Waals surface area contributed by atoms with Crippen LogP contribution in [-0.4, -0.2) is 39.3 Å². The van der Waals surface area contributed by atoms with Gasteiger partial charge >= 0.3 is 0 Å². The van der Waals surface area contributed by atoms with Crippen molar-refractivity contribution < 1.29 is 24.4 Å². The van der Waals surface area contributed by atoms with Gasteiger partial charge in [0, 0.05) is 30.7 Å². The van der Waals surface area contributed by atoms with Crippen LogP contribution in [0, 0.1) is 10.1 Å². The summed E-state index contributed by atoms with van der Waals surface area (Å²) >= 11 is 0. The van der Waals surface area contributed by atoms with Crippen LogP contribution in [-0.2, 0) is 22.4 Å². The van der Waals surface area contributed by atoms with E-state index in [4.69, 9.17) is 4.74 Å². The molecule has 0 spiro atoms. The van der Waals surface area contributed by atoms with Gasteiger partial charge in [0.25, 0.3) is 17.4 Å². The number of nitrogens with zero attached hydrogens (tertiary/aromatic N) is 2. The number of ether oxygens (including phenoxy) is 1. The van der Waals surface area contributed by atoms with Crippen LogP contribution in [0.15, 0.2) is 78.4 Å². The van der Waals surface area contributed by atoms with Crippen molar-refractivity contribution in [1.29, 1.82) is 0 Å². The van der Waals surface area contributed by atoms with Crippen molar-refractivity contribution in [3.8, 4) is 5.75 Å². The average Bonchev–Trinajstić information content (AvgIpc) is 3.38. The van der Waals surface area contributed by atoms with Crippen LogP contribution in [0.5, 0.6) is 5.75 Å². The molecule has 182 valence electrons. The van der Waals surface area contributed by atoms with Crippen LogP contribution < -0.4 is 4.74 Å². The molecular weight excluding hydrogens is 460 g/mol. The Bertz CT molecular complexity index is 1380. The number of hydrogen-bond acceptors (Lipinski definition) is 6. The third kappa shape index (κ3) is 4.22. The maximum Gasteiger partial charge on any atom is 0.295 e. The minimum atomic E-state index is -0.877. The van der Waals surface area contributed by atoms with E-state index in [1.807, 2.05) is 37.3 Å². The number of aliphatic hydroxyl groups is 1. The van der Waals surface area contributed by atoms with Crippen molar-refractivity contribution in [2.24, 2.45) is 0 Å². The molecule has 0 bridgehead atoms. The predicted octanol–water partition coefficient (Wildman–Crippen LogP) is 4.58. The predicted molar refractivity (Wildman–Crippen MR) is 132 cm³/mol. The number of hydrogen-bond donors (Lipinski definition) is 1. The number of rotatable bonds is 6. The largest absolute Gasteiger partial charge is 0.507 e. The molecule has 1 fully saturated rings. The van der Waals surface area contributed by atoms with Gasteiger partial charge in [-0.05, 0) is 60.4 Å². The number of carbonyl (C=O) groups is 2. The van der Waals surface area contributed by atoms with Crippen molar-refractivity contribution in [2.75, 3.05) is 6.54 Å². The van der Waals surface area contributed by atoms with E-state index in [-0.39, 0.29) is 29.7 Å². The Morgan fingerprint density at radius 1 is 1.08 bits per heavy atom. The Morgan fingerprint density at radius 3 is 2.50 bits per heavy atom. The highest BCUT2D eigenvalue weighted by Crippen LogP contribution is 2.41. The zero-order valence-corrected chi connectivity index (χ0v) is 19.6. The number of benzene rings is 3. The van der Waals surface area contributed by atoms with E-state index in [1.165, 1.54) is 29.2 Å². The molecule has 0 saturated carbocycles. The summed E-state index contributed by atoms with van der Waals surface area (Å²) in [5.74, 6) is -1.04. The van der Waals surface area contributed by atoms with Gasteiger partial charge in [-0.2, -0.15) is 0 Å². The molecule has 0 aromatic heterocycles. The summed E-state index contributed by atoms with van der Waals surface area (Å²) in [5, 5.41) is 22.5. The third-order valence-electron chi connectivity index (χ3n) is 6.61. The fraction of sp³-hybridized carbons (Fsp3) is 0.214. The molecule has 8 nitrogen and oxygen atoms in total. The van der Waals surface area contributed by atoms with Crippen molar-refractivity contribution in [3.05, 3.63) is 111 Å². The first-order valence-corrected chi connectivity index (χ1v) is 11.7. The van der Waals surface area contributed by atoms with Gasteiger partial charge in [0.05, 0.1) is 16.5 Å². The number of Topliss-reactive ketones (excluding diaryl/α,β-unsaturated/α-hetero) is 1. The third-order valence-corrected chi connectivity index (χ3v) is 6.61. The normalized spacial score (nSPS) is 20.3. The van der Waals surface area contributed by atoms with Gasteiger partial charge in [0.15, 0.2) is 0 Å². The molecule has 1 N–H and O–H groups in total. The molecule has 2 heterocycles. The lowest BCUT2D eigenvalue weighted by Gasteiger charge is -2.25. The summed E-state index contributed by atoms with van der Waals surface area (Å²) in [4.78, 5) is 38.5. The highest BCUT2D eigenvalue weighted by Gasteiger charge is 2.46. The number of amides is 1. The Balaban J connectivity index is 1.57. The number of nitro groups is 1. The van der Waals surface area contributed by atoms with Crippen LogP contribution in [0.2, 0.25) is 0 Å². The standard InChI is InChI=1S/C28H24N2O6/c1-17-15-21-16-20(9-12-23(21)36-17)26(31)24-25(19-7-10-22(11-8-19)30(34)35)29(28(33)27(24)32)14-13-18-5-3-2-4-6-18/h2-12,16-17,25,31H,13-15H2,1H3/b26-24+/t17-,25+/m1/s1. The lowest BCUT2D eigenvalue weighted by Crippen LogP contribution is -2.31. The topological polar surface area (TPSA) is 110 Å². The van der Waals surface area contributed by atoms with Gasteiger partial charge in [-0.1, -0.05) is 30.3 Å². The van der Waals surface area contributed by atoms with E-state index < -0.39 is 22.7 Å². The maximum atomic E-state index is 13.2. The van der Waals surface area contributed by atoms with E-state index in [2.05, 4.69) is 0 Å². The second-order valence-electron chi connectivity index (χ2n) is 9.03. The highest BCUT2D eigenvalue weighted by molar-refractivity contribution is 6.46. The molecule has 8 heteroatoms. The molecule has 2 aliphatic heterocycles. The molecule has 0 unspecified atom stereocenters.